The number of guanidine groups is 1. The molecule has 1 aliphatic heterocycles. The zero-order valence-electron chi connectivity index (χ0n) is 14.0. The molecular weight excluding hydrogens is 401 g/mol. The fraction of sp³-hybridized carbons (Fsp3) is 0.611. The number of piperidine rings is 1. The minimum atomic E-state index is -0.0145. The van der Waals surface area contributed by atoms with Crippen molar-refractivity contribution < 1.29 is 4.74 Å². The van der Waals surface area contributed by atoms with E-state index in [0.717, 1.165) is 44.1 Å². The first kappa shape index (κ1) is 18.5. The molecule has 0 radical (unpaired) electrons. The Morgan fingerprint density at radius 1 is 1.13 bits per heavy atom. The lowest BCUT2D eigenvalue weighted by Gasteiger charge is -2.39. The first-order valence-corrected chi connectivity index (χ1v) is 8.48. The van der Waals surface area contributed by atoms with Gasteiger partial charge < -0.3 is 15.0 Å². The summed E-state index contributed by atoms with van der Waals surface area (Å²) in [6, 6.07) is 10.3. The van der Waals surface area contributed by atoms with Gasteiger partial charge in [-0.15, -0.1) is 24.0 Å². The number of nitrogens with one attached hydrogen (secondary N) is 1. The molecule has 1 aromatic rings. The summed E-state index contributed by atoms with van der Waals surface area (Å²) in [7, 11) is 1.82. The summed E-state index contributed by atoms with van der Waals surface area (Å²) in [5.74, 6) is 1.01. The summed E-state index contributed by atoms with van der Waals surface area (Å²) in [4.78, 5) is 7.30. The van der Waals surface area contributed by atoms with Gasteiger partial charge in [-0.2, -0.15) is 0 Å². The first-order chi connectivity index (χ1) is 10.8. The smallest absolute Gasteiger partial charge is 0.198 e. The molecule has 1 saturated carbocycles. The highest BCUT2D eigenvalue weighted by atomic mass is 127. The van der Waals surface area contributed by atoms with Crippen molar-refractivity contribution in [3.63, 3.8) is 0 Å². The number of methoxy groups -OCH3 is 1. The summed E-state index contributed by atoms with van der Waals surface area (Å²) >= 11 is 0. The molecule has 1 N–H and O–H groups in total. The predicted molar refractivity (Wildman–Crippen MR) is 107 cm³/mol. The number of rotatable bonds is 4. The Hall–Kier alpha value is -0.820. The summed E-state index contributed by atoms with van der Waals surface area (Å²) in [5.41, 5.74) is 1.09. The van der Waals surface area contributed by atoms with Crippen molar-refractivity contribution in [3.8, 4) is 0 Å². The van der Waals surface area contributed by atoms with E-state index < -0.39 is 0 Å². The van der Waals surface area contributed by atoms with E-state index in [2.05, 4.69) is 34.5 Å². The second-order valence-corrected chi connectivity index (χ2v) is 6.42. The van der Waals surface area contributed by atoms with E-state index in [0.29, 0.717) is 0 Å². The van der Waals surface area contributed by atoms with Crippen LogP contribution in [0.15, 0.2) is 35.3 Å². The topological polar surface area (TPSA) is 36.9 Å². The molecule has 4 nitrogen and oxygen atoms in total. The van der Waals surface area contributed by atoms with E-state index in [-0.39, 0.29) is 29.6 Å². The van der Waals surface area contributed by atoms with Gasteiger partial charge in [-0.1, -0.05) is 18.2 Å². The molecule has 2 fully saturated rings. The molecule has 23 heavy (non-hydrogen) atoms. The van der Waals surface area contributed by atoms with Crippen LogP contribution in [0.3, 0.4) is 0 Å². The minimum Gasteiger partial charge on any atom is -0.376 e. The van der Waals surface area contributed by atoms with Crippen LogP contribution in [0.25, 0.3) is 0 Å². The predicted octanol–water partition coefficient (Wildman–Crippen LogP) is 4.13. The lowest BCUT2D eigenvalue weighted by atomic mass is 9.80. The van der Waals surface area contributed by atoms with Crippen molar-refractivity contribution in [1.29, 1.82) is 0 Å². The average molecular weight is 429 g/mol. The third-order valence-corrected chi connectivity index (χ3v) is 4.90. The van der Waals surface area contributed by atoms with Gasteiger partial charge in [0.2, 0.25) is 0 Å². The van der Waals surface area contributed by atoms with E-state index in [1.807, 2.05) is 13.2 Å². The van der Waals surface area contributed by atoms with Crippen LogP contribution < -0.4 is 5.32 Å². The fourth-order valence-electron chi connectivity index (χ4n) is 3.19. The molecule has 1 heterocycles. The molecule has 0 spiro atoms. The highest BCUT2D eigenvalue weighted by Crippen LogP contribution is 2.35. The Balaban J connectivity index is 0.00000192. The monoisotopic (exact) mass is 429 g/mol. The third-order valence-electron chi connectivity index (χ3n) is 4.90. The average Bonchev–Trinajstić information content (AvgIpc) is 2.55. The lowest BCUT2D eigenvalue weighted by molar-refractivity contribution is -0.0630. The first-order valence-electron chi connectivity index (χ1n) is 8.48. The van der Waals surface area contributed by atoms with Gasteiger partial charge in [-0.3, -0.25) is 0 Å². The fourth-order valence-corrected chi connectivity index (χ4v) is 3.19. The number of ether oxygens (including phenoxy) is 1. The Morgan fingerprint density at radius 2 is 1.83 bits per heavy atom. The van der Waals surface area contributed by atoms with Gasteiger partial charge in [0.25, 0.3) is 0 Å². The van der Waals surface area contributed by atoms with E-state index in [4.69, 9.17) is 9.73 Å². The summed E-state index contributed by atoms with van der Waals surface area (Å²) < 4.78 is 5.71. The molecule has 1 saturated heterocycles. The maximum absolute atomic E-state index is 5.71. The third kappa shape index (κ3) is 4.83. The highest BCUT2D eigenvalue weighted by molar-refractivity contribution is 14.0. The quantitative estimate of drug-likeness (QED) is 0.445. The number of hydrogen-bond donors (Lipinski definition) is 1. The summed E-state index contributed by atoms with van der Waals surface area (Å²) in [6.07, 6.45) is 7.36. The largest absolute Gasteiger partial charge is 0.376 e. The molecule has 0 amide bonds. The summed E-state index contributed by atoms with van der Waals surface area (Å²) in [6.45, 7) is 2.95. The van der Waals surface area contributed by atoms with Crippen LogP contribution >= 0.6 is 24.0 Å². The molecule has 3 rings (SSSR count). The van der Waals surface area contributed by atoms with E-state index in [1.165, 1.54) is 25.7 Å². The molecule has 2 aliphatic rings. The van der Waals surface area contributed by atoms with Gasteiger partial charge in [0.15, 0.2) is 5.96 Å². The van der Waals surface area contributed by atoms with Crippen LogP contribution in [0, 0.1) is 0 Å². The van der Waals surface area contributed by atoms with Gasteiger partial charge in [0.05, 0.1) is 12.1 Å². The van der Waals surface area contributed by atoms with Crippen LogP contribution in [0.4, 0.5) is 5.69 Å². The second-order valence-electron chi connectivity index (χ2n) is 6.42. The Kier molecular flexibility index (Phi) is 7.14. The van der Waals surface area contributed by atoms with Crippen LogP contribution in [-0.4, -0.2) is 43.2 Å². The molecule has 0 atom stereocenters. The molecule has 1 aliphatic carbocycles. The molecule has 0 unspecified atom stereocenters. The number of nitrogens with zero attached hydrogens (tertiary/aromatic N) is 2. The molecule has 1 aromatic carbocycles. The van der Waals surface area contributed by atoms with Gasteiger partial charge in [-0.25, -0.2) is 4.99 Å². The second kappa shape index (κ2) is 8.87. The number of anilines is 1. The lowest BCUT2D eigenvalue weighted by Crippen LogP contribution is -2.45. The van der Waals surface area contributed by atoms with Crippen molar-refractivity contribution in [3.05, 3.63) is 30.3 Å². The number of aliphatic imine (C=N–C) groups is 1. The van der Waals surface area contributed by atoms with Crippen LogP contribution in [-0.2, 0) is 4.74 Å². The van der Waals surface area contributed by atoms with Crippen molar-refractivity contribution in [1.82, 2.24) is 4.90 Å². The van der Waals surface area contributed by atoms with E-state index in [9.17, 15) is 0 Å². The Morgan fingerprint density at radius 3 is 2.39 bits per heavy atom. The number of para-hydroxylation sites is 1. The summed E-state index contributed by atoms with van der Waals surface area (Å²) in [5, 5.41) is 3.51. The molecular formula is C18H28IN3O. The van der Waals surface area contributed by atoms with Gasteiger partial charge in [-0.05, 0) is 50.7 Å². The molecule has 128 valence electrons. The standard InChI is InChI=1S/C18H27N3O.HI/c1-22-18(11-8-12-18)15-19-17(21-13-6-3-7-14-21)20-16-9-4-2-5-10-16;/h2,4-5,9-10H,3,6-8,11-15H2,1H3,(H,19,20);1H. The maximum Gasteiger partial charge on any atom is 0.198 e. The van der Waals surface area contributed by atoms with Crippen LogP contribution in [0.5, 0.6) is 0 Å². The van der Waals surface area contributed by atoms with Crippen molar-refractivity contribution in [2.75, 3.05) is 32.1 Å². The molecule has 0 bridgehead atoms. The number of likely N-dealkylation sites (tertiary alicyclic amines) is 1. The van der Waals surface area contributed by atoms with Crippen LogP contribution in [0.2, 0.25) is 0 Å². The number of benzene rings is 1. The van der Waals surface area contributed by atoms with Crippen molar-refractivity contribution >= 4 is 35.6 Å². The molecule has 5 heteroatoms. The molecule has 0 aromatic heterocycles. The highest BCUT2D eigenvalue weighted by Gasteiger charge is 2.37. The zero-order chi connectivity index (χ0) is 15.3. The van der Waals surface area contributed by atoms with E-state index >= 15 is 0 Å². The van der Waals surface area contributed by atoms with Gasteiger partial charge in [0.1, 0.15) is 0 Å². The van der Waals surface area contributed by atoms with Crippen molar-refractivity contribution in [2.45, 2.75) is 44.1 Å². The van der Waals surface area contributed by atoms with E-state index in [1.54, 1.807) is 0 Å². The van der Waals surface area contributed by atoms with Gasteiger partial charge in [0, 0.05) is 25.9 Å². The SMILES string of the molecule is COC1(CN=C(Nc2ccccc2)N2CCCCC2)CCC1.I. The zero-order valence-corrected chi connectivity index (χ0v) is 16.3. The number of halogens is 1. The Labute approximate surface area is 156 Å². The van der Waals surface area contributed by atoms with Crippen LogP contribution in [0.1, 0.15) is 38.5 Å². The maximum atomic E-state index is 5.71. The minimum absolute atomic E-state index is 0. The normalized spacial score (nSPS) is 20.4. The van der Waals surface area contributed by atoms with Crippen molar-refractivity contribution in [2.24, 2.45) is 4.99 Å². The van der Waals surface area contributed by atoms with Gasteiger partial charge >= 0.3 is 0 Å². The Bertz CT molecular complexity index is 491. The number of hydrogen-bond acceptors (Lipinski definition) is 2.